The van der Waals surface area contributed by atoms with E-state index < -0.39 is 0 Å². The van der Waals surface area contributed by atoms with Crippen LogP contribution in [-0.4, -0.2) is 24.1 Å². The number of hydrazine groups is 1. The summed E-state index contributed by atoms with van der Waals surface area (Å²) >= 11 is 0. The number of nitrogens with one attached hydrogen (secondary N) is 1. The second kappa shape index (κ2) is 6.59. The molecule has 4 rings (SSSR count). The molecule has 0 spiro atoms. The number of hydrogen-bond acceptors (Lipinski definition) is 5. The Hall–Kier alpha value is -1.63. The van der Waals surface area contributed by atoms with Crippen LogP contribution in [0.4, 0.5) is 0 Å². The summed E-state index contributed by atoms with van der Waals surface area (Å²) in [5.41, 5.74) is 17.4. The molecule has 136 valence electrons. The van der Waals surface area contributed by atoms with Crippen LogP contribution in [0.15, 0.2) is 18.2 Å². The van der Waals surface area contributed by atoms with Crippen LogP contribution in [0, 0.1) is 17.8 Å². The molecule has 6 atom stereocenters. The second-order valence-corrected chi connectivity index (χ2v) is 7.96. The molecule has 1 amide bonds. The van der Waals surface area contributed by atoms with E-state index in [9.17, 15) is 4.79 Å². The SMILES string of the molecule is NNC(=O)C1CCC(Oc2cccc3c2CC2CC(N)C(N)C2C3)C1. The van der Waals surface area contributed by atoms with Crippen LogP contribution in [0.5, 0.6) is 5.75 Å². The van der Waals surface area contributed by atoms with Crippen molar-refractivity contribution in [3.05, 3.63) is 29.3 Å². The van der Waals surface area contributed by atoms with Crippen molar-refractivity contribution in [2.24, 2.45) is 35.1 Å². The number of rotatable bonds is 3. The molecular formula is C19H28N4O2. The molecule has 1 aromatic rings. The number of ether oxygens (including phenoxy) is 1. The molecule has 0 aliphatic heterocycles. The first-order valence-corrected chi connectivity index (χ1v) is 9.36. The molecule has 0 saturated heterocycles. The molecule has 3 aliphatic rings. The monoisotopic (exact) mass is 344 g/mol. The van der Waals surface area contributed by atoms with Crippen LogP contribution in [0.3, 0.4) is 0 Å². The van der Waals surface area contributed by atoms with E-state index in [0.717, 1.165) is 44.3 Å². The lowest BCUT2D eigenvalue weighted by Crippen LogP contribution is -2.42. The van der Waals surface area contributed by atoms with Crippen LogP contribution in [-0.2, 0) is 17.6 Å². The first-order chi connectivity index (χ1) is 12.1. The summed E-state index contributed by atoms with van der Waals surface area (Å²) in [7, 11) is 0. The number of amides is 1. The Bertz CT molecular complexity index is 665. The maximum Gasteiger partial charge on any atom is 0.237 e. The molecular weight excluding hydrogens is 316 g/mol. The summed E-state index contributed by atoms with van der Waals surface area (Å²) in [5, 5.41) is 0. The fourth-order valence-corrected chi connectivity index (χ4v) is 5.09. The Kier molecular flexibility index (Phi) is 4.43. The molecule has 0 aromatic heterocycles. The third-order valence-corrected chi connectivity index (χ3v) is 6.51. The maximum absolute atomic E-state index is 11.7. The molecule has 6 unspecified atom stereocenters. The van der Waals surface area contributed by atoms with Crippen molar-refractivity contribution in [2.75, 3.05) is 0 Å². The van der Waals surface area contributed by atoms with Crippen LogP contribution >= 0.6 is 0 Å². The first kappa shape index (κ1) is 16.8. The highest BCUT2D eigenvalue weighted by Crippen LogP contribution is 2.43. The second-order valence-electron chi connectivity index (χ2n) is 7.96. The third-order valence-electron chi connectivity index (χ3n) is 6.51. The maximum atomic E-state index is 11.7. The van der Waals surface area contributed by atoms with Gasteiger partial charge in [0.25, 0.3) is 0 Å². The van der Waals surface area contributed by atoms with Crippen molar-refractivity contribution in [1.82, 2.24) is 5.43 Å². The van der Waals surface area contributed by atoms with Crippen molar-refractivity contribution in [3.8, 4) is 5.75 Å². The summed E-state index contributed by atoms with van der Waals surface area (Å²) in [4.78, 5) is 11.7. The summed E-state index contributed by atoms with van der Waals surface area (Å²) in [6.07, 6.45) is 5.53. The van der Waals surface area contributed by atoms with Gasteiger partial charge < -0.3 is 16.2 Å². The minimum Gasteiger partial charge on any atom is -0.490 e. The van der Waals surface area contributed by atoms with Gasteiger partial charge in [0.05, 0.1) is 6.10 Å². The smallest absolute Gasteiger partial charge is 0.237 e. The summed E-state index contributed by atoms with van der Waals surface area (Å²) < 4.78 is 6.32. The third kappa shape index (κ3) is 3.03. The fraction of sp³-hybridized carbons (Fsp3) is 0.632. The van der Waals surface area contributed by atoms with Gasteiger partial charge in [0, 0.05) is 18.0 Å². The van der Waals surface area contributed by atoms with E-state index in [1.807, 2.05) is 0 Å². The number of nitrogens with two attached hydrogens (primary N) is 3. The van der Waals surface area contributed by atoms with Gasteiger partial charge >= 0.3 is 0 Å². The summed E-state index contributed by atoms with van der Waals surface area (Å²) in [5.74, 6) is 7.15. The molecule has 25 heavy (non-hydrogen) atoms. The van der Waals surface area contributed by atoms with Crippen LogP contribution in [0.1, 0.15) is 36.8 Å². The Morgan fingerprint density at radius 1 is 1.16 bits per heavy atom. The van der Waals surface area contributed by atoms with E-state index in [2.05, 4.69) is 23.6 Å². The highest BCUT2D eigenvalue weighted by molar-refractivity contribution is 5.78. The van der Waals surface area contributed by atoms with E-state index in [-0.39, 0.29) is 30.0 Å². The van der Waals surface area contributed by atoms with Crippen LogP contribution < -0.4 is 27.5 Å². The first-order valence-electron chi connectivity index (χ1n) is 9.36. The van der Waals surface area contributed by atoms with Gasteiger partial charge in [-0.15, -0.1) is 0 Å². The molecule has 2 fully saturated rings. The molecule has 6 nitrogen and oxygen atoms in total. The predicted octanol–water partition coefficient (Wildman–Crippen LogP) is 0.613. The molecule has 0 radical (unpaired) electrons. The lowest BCUT2D eigenvalue weighted by molar-refractivity contribution is -0.125. The number of carbonyl (C=O) groups excluding carboxylic acids is 1. The van der Waals surface area contributed by atoms with Gasteiger partial charge in [-0.25, -0.2) is 5.84 Å². The summed E-state index contributed by atoms with van der Waals surface area (Å²) in [6.45, 7) is 0. The number of carbonyl (C=O) groups is 1. The van der Waals surface area contributed by atoms with E-state index in [1.54, 1.807) is 0 Å². The normalized spacial score (nSPS) is 36.6. The Labute approximate surface area is 148 Å². The predicted molar refractivity (Wildman–Crippen MR) is 95.5 cm³/mol. The lowest BCUT2D eigenvalue weighted by Gasteiger charge is -2.31. The van der Waals surface area contributed by atoms with Crippen molar-refractivity contribution in [3.63, 3.8) is 0 Å². The Morgan fingerprint density at radius 2 is 2.00 bits per heavy atom. The summed E-state index contributed by atoms with van der Waals surface area (Å²) in [6, 6.07) is 6.53. The number of hydrogen-bond donors (Lipinski definition) is 4. The van der Waals surface area contributed by atoms with E-state index in [0.29, 0.717) is 11.8 Å². The van der Waals surface area contributed by atoms with E-state index in [1.165, 1.54) is 11.1 Å². The van der Waals surface area contributed by atoms with Crippen molar-refractivity contribution < 1.29 is 9.53 Å². The zero-order chi connectivity index (χ0) is 17.6. The standard InChI is InChI=1S/C19H28N4O2/c20-16-9-12-8-14-10(7-15(12)18(16)21)2-1-3-17(14)25-13-5-4-11(6-13)19(24)23-22/h1-3,11-13,15-16,18H,4-9,20-22H2,(H,23,24). The lowest BCUT2D eigenvalue weighted by atomic mass is 9.76. The van der Waals surface area contributed by atoms with Gasteiger partial charge in [0.15, 0.2) is 0 Å². The van der Waals surface area contributed by atoms with Crippen LogP contribution in [0.2, 0.25) is 0 Å². The zero-order valence-corrected chi connectivity index (χ0v) is 14.5. The topological polar surface area (TPSA) is 116 Å². The minimum absolute atomic E-state index is 0.0373. The van der Waals surface area contributed by atoms with Gasteiger partial charge in [-0.05, 0) is 67.6 Å². The fourth-order valence-electron chi connectivity index (χ4n) is 5.09. The van der Waals surface area contributed by atoms with Gasteiger partial charge in [0.1, 0.15) is 5.75 Å². The van der Waals surface area contributed by atoms with Crippen molar-refractivity contribution in [2.45, 2.75) is 56.7 Å². The Balaban J connectivity index is 1.49. The number of benzene rings is 1. The molecule has 1 aromatic carbocycles. The van der Waals surface area contributed by atoms with Gasteiger partial charge in [0.2, 0.25) is 5.91 Å². The van der Waals surface area contributed by atoms with E-state index in [4.69, 9.17) is 22.0 Å². The van der Waals surface area contributed by atoms with Crippen molar-refractivity contribution in [1.29, 1.82) is 0 Å². The van der Waals surface area contributed by atoms with Crippen molar-refractivity contribution >= 4 is 5.91 Å². The molecule has 0 bridgehead atoms. The van der Waals surface area contributed by atoms with E-state index >= 15 is 0 Å². The van der Waals surface area contributed by atoms with Gasteiger partial charge in [-0.2, -0.15) is 0 Å². The van der Waals surface area contributed by atoms with Crippen LogP contribution in [0.25, 0.3) is 0 Å². The number of fused-ring (bicyclic) bond motifs is 2. The molecule has 3 aliphatic carbocycles. The van der Waals surface area contributed by atoms with Gasteiger partial charge in [-0.1, -0.05) is 12.1 Å². The molecule has 0 heterocycles. The zero-order valence-electron chi connectivity index (χ0n) is 14.5. The quantitative estimate of drug-likeness (QED) is 0.364. The Morgan fingerprint density at radius 3 is 2.80 bits per heavy atom. The average molecular weight is 344 g/mol. The molecule has 2 saturated carbocycles. The minimum atomic E-state index is -0.0852. The molecule has 7 N–H and O–H groups in total. The molecule has 6 heteroatoms. The highest BCUT2D eigenvalue weighted by Gasteiger charge is 2.42. The average Bonchev–Trinajstić information content (AvgIpc) is 3.18. The largest absolute Gasteiger partial charge is 0.490 e. The highest BCUT2D eigenvalue weighted by atomic mass is 16.5. The van der Waals surface area contributed by atoms with Gasteiger partial charge in [-0.3, -0.25) is 10.2 Å².